The Balaban J connectivity index is 2.37. The van der Waals surface area contributed by atoms with E-state index in [2.05, 4.69) is 0 Å². The van der Waals surface area contributed by atoms with Gasteiger partial charge in [-0.1, -0.05) is 26.0 Å². The van der Waals surface area contributed by atoms with Crippen molar-refractivity contribution in [2.24, 2.45) is 5.92 Å². The number of nitrogens with zero attached hydrogens (tertiary/aromatic N) is 2. The molecule has 2 rings (SSSR count). The molecule has 0 N–H and O–H groups in total. The van der Waals surface area contributed by atoms with Gasteiger partial charge in [-0.05, 0) is 30.0 Å². The first-order valence-electron chi connectivity index (χ1n) is 7.70. The zero-order valence-corrected chi connectivity index (χ0v) is 14.8. The van der Waals surface area contributed by atoms with E-state index in [1.165, 1.54) is 28.8 Å². The quantitative estimate of drug-likeness (QED) is 0.829. The maximum absolute atomic E-state index is 13.6. The minimum Gasteiger partial charge on any atom is -0.347 e. The number of carbonyl (C=O) groups excluding carboxylic acids is 2. The second-order valence-electron chi connectivity index (χ2n) is 6.40. The van der Waals surface area contributed by atoms with Crippen LogP contribution in [0.25, 0.3) is 0 Å². The molecule has 1 saturated heterocycles. The Hall–Kier alpha value is -1.56. The van der Waals surface area contributed by atoms with Gasteiger partial charge in [0.25, 0.3) is 0 Å². The molecule has 1 aromatic carbocycles. The first-order valence-corrected chi connectivity index (χ1v) is 8.75. The highest BCUT2D eigenvalue weighted by molar-refractivity contribution is 8.00. The smallest absolute Gasteiger partial charge is 0.244 e. The fraction of sp³-hybridized carbons (Fsp3) is 0.529. The van der Waals surface area contributed by atoms with Gasteiger partial charge in [0, 0.05) is 14.1 Å². The summed E-state index contributed by atoms with van der Waals surface area (Å²) in [4.78, 5) is 28.2. The third kappa shape index (κ3) is 4.05. The number of amides is 2. The van der Waals surface area contributed by atoms with Gasteiger partial charge in [0.1, 0.15) is 17.2 Å². The molecule has 1 aliphatic heterocycles. The van der Waals surface area contributed by atoms with Crippen LogP contribution in [-0.2, 0) is 9.59 Å². The van der Waals surface area contributed by atoms with Crippen molar-refractivity contribution in [3.05, 3.63) is 35.6 Å². The molecule has 0 spiro atoms. The summed E-state index contributed by atoms with van der Waals surface area (Å²) < 4.78 is 13.6. The highest BCUT2D eigenvalue weighted by atomic mass is 32.2. The van der Waals surface area contributed by atoms with Crippen LogP contribution in [0.4, 0.5) is 4.39 Å². The van der Waals surface area contributed by atoms with Gasteiger partial charge in [0.05, 0.1) is 5.75 Å². The van der Waals surface area contributed by atoms with E-state index < -0.39 is 6.04 Å². The molecule has 2 atom stereocenters. The zero-order chi connectivity index (χ0) is 17.1. The van der Waals surface area contributed by atoms with E-state index in [0.29, 0.717) is 12.2 Å². The first-order chi connectivity index (χ1) is 10.8. The van der Waals surface area contributed by atoms with Gasteiger partial charge in [-0.25, -0.2) is 4.39 Å². The van der Waals surface area contributed by atoms with Crippen LogP contribution in [0, 0.1) is 11.7 Å². The van der Waals surface area contributed by atoms with Crippen molar-refractivity contribution in [3.8, 4) is 0 Å². The molecule has 126 valence electrons. The summed E-state index contributed by atoms with van der Waals surface area (Å²) in [6.07, 6.45) is 0.592. The Morgan fingerprint density at radius 2 is 2.13 bits per heavy atom. The molecule has 1 heterocycles. The molecule has 0 aliphatic carbocycles. The van der Waals surface area contributed by atoms with Crippen molar-refractivity contribution in [2.45, 2.75) is 31.7 Å². The van der Waals surface area contributed by atoms with Gasteiger partial charge in [0.2, 0.25) is 11.8 Å². The van der Waals surface area contributed by atoms with Crippen LogP contribution in [0.2, 0.25) is 0 Å². The van der Waals surface area contributed by atoms with E-state index in [4.69, 9.17) is 0 Å². The lowest BCUT2D eigenvalue weighted by Gasteiger charge is -2.34. The number of benzene rings is 1. The number of rotatable bonds is 5. The Morgan fingerprint density at radius 3 is 2.70 bits per heavy atom. The molecule has 0 saturated carbocycles. The van der Waals surface area contributed by atoms with Crippen molar-refractivity contribution in [1.29, 1.82) is 0 Å². The lowest BCUT2D eigenvalue weighted by molar-refractivity contribution is -0.143. The Morgan fingerprint density at radius 1 is 1.43 bits per heavy atom. The van der Waals surface area contributed by atoms with Crippen molar-refractivity contribution in [3.63, 3.8) is 0 Å². The minimum absolute atomic E-state index is 0.0647. The Bertz CT molecular complexity index is 592. The van der Waals surface area contributed by atoms with Crippen molar-refractivity contribution >= 4 is 23.6 Å². The SMILES string of the molecule is CC(C)C[C@@H](C(=O)N(C)C)N1C(=O)CS[C@H]1c1cccc(F)c1. The maximum Gasteiger partial charge on any atom is 0.244 e. The average molecular weight is 338 g/mol. The van der Waals surface area contributed by atoms with E-state index in [9.17, 15) is 14.0 Å². The predicted molar refractivity (Wildman–Crippen MR) is 90.4 cm³/mol. The topological polar surface area (TPSA) is 40.6 Å². The van der Waals surface area contributed by atoms with Gasteiger partial charge < -0.3 is 9.80 Å². The molecule has 2 amide bonds. The van der Waals surface area contributed by atoms with Crippen LogP contribution in [0.1, 0.15) is 31.2 Å². The second-order valence-corrected chi connectivity index (χ2v) is 7.47. The molecule has 1 aromatic rings. The maximum atomic E-state index is 13.6. The molecule has 1 fully saturated rings. The number of thioether (sulfide) groups is 1. The van der Waals surface area contributed by atoms with E-state index in [0.717, 1.165) is 5.56 Å². The molecule has 0 radical (unpaired) electrons. The third-order valence-corrected chi connectivity index (χ3v) is 5.02. The summed E-state index contributed by atoms with van der Waals surface area (Å²) in [5.74, 6) is 0.106. The Kier molecular flexibility index (Phi) is 5.68. The standard InChI is InChI=1S/C17H23FN2O2S/c1-11(2)8-14(16(22)19(3)4)20-15(21)10-23-17(20)12-6-5-7-13(18)9-12/h5-7,9,11,14,17H,8,10H2,1-4H3/t14-,17-/m0/s1. The fourth-order valence-corrected chi connectivity index (χ4v) is 3.98. The molecular formula is C17H23FN2O2S. The highest BCUT2D eigenvalue weighted by Crippen LogP contribution is 2.41. The van der Waals surface area contributed by atoms with Crippen LogP contribution in [-0.4, -0.2) is 47.5 Å². The summed E-state index contributed by atoms with van der Waals surface area (Å²) in [6, 6.07) is 5.75. The van der Waals surface area contributed by atoms with Crippen molar-refractivity contribution < 1.29 is 14.0 Å². The second kappa shape index (κ2) is 7.34. The molecule has 0 aromatic heterocycles. The van der Waals surface area contributed by atoms with Crippen LogP contribution in [0.3, 0.4) is 0 Å². The molecule has 0 unspecified atom stereocenters. The molecule has 0 bridgehead atoms. The van der Waals surface area contributed by atoms with Gasteiger partial charge in [-0.15, -0.1) is 11.8 Å². The van der Waals surface area contributed by atoms with Crippen molar-refractivity contribution in [2.75, 3.05) is 19.8 Å². The summed E-state index contributed by atoms with van der Waals surface area (Å²) >= 11 is 1.44. The number of likely N-dealkylation sites (N-methyl/N-ethyl adjacent to an activating group) is 1. The van der Waals surface area contributed by atoms with E-state index >= 15 is 0 Å². The van der Waals surface area contributed by atoms with E-state index in [1.54, 1.807) is 31.1 Å². The third-order valence-electron chi connectivity index (χ3n) is 3.80. The monoisotopic (exact) mass is 338 g/mol. The Labute approximate surface area is 141 Å². The summed E-state index contributed by atoms with van der Waals surface area (Å²) in [5, 5.41) is -0.314. The summed E-state index contributed by atoms with van der Waals surface area (Å²) in [7, 11) is 3.39. The largest absolute Gasteiger partial charge is 0.347 e. The first kappa shape index (κ1) is 17.8. The van der Waals surface area contributed by atoms with Crippen LogP contribution >= 0.6 is 11.8 Å². The lowest BCUT2D eigenvalue weighted by atomic mass is 10.00. The lowest BCUT2D eigenvalue weighted by Crippen LogP contribution is -2.48. The predicted octanol–water partition coefficient (Wildman–Crippen LogP) is 2.90. The fourth-order valence-electron chi connectivity index (χ4n) is 2.77. The van der Waals surface area contributed by atoms with Crippen LogP contribution in [0.5, 0.6) is 0 Å². The minimum atomic E-state index is -0.513. The molecule has 4 nitrogen and oxygen atoms in total. The molecular weight excluding hydrogens is 315 g/mol. The van der Waals surface area contributed by atoms with Crippen LogP contribution < -0.4 is 0 Å². The van der Waals surface area contributed by atoms with Crippen LogP contribution in [0.15, 0.2) is 24.3 Å². The van der Waals surface area contributed by atoms with Crippen molar-refractivity contribution in [1.82, 2.24) is 9.80 Å². The van der Waals surface area contributed by atoms with Gasteiger partial charge in [0.15, 0.2) is 0 Å². The number of hydrogen-bond donors (Lipinski definition) is 0. The van der Waals surface area contributed by atoms with Gasteiger partial charge in [-0.3, -0.25) is 9.59 Å². The number of hydrogen-bond acceptors (Lipinski definition) is 3. The average Bonchev–Trinajstić information content (AvgIpc) is 2.85. The highest BCUT2D eigenvalue weighted by Gasteiger charge is 2.41. The van der Waals surface area contributed by atoms with E-state index in [-0.39, 0.29) is 28.9 Å². The van der Waals surface area contributed by atoms with Gasteiger partial charge in [-0.2, -0.15) is 0 Å². The normalized spacial score (nSPS) is 19.3. The molecule has 23 heavy (non-hydrogen) atoms. The van der Waals surface area contributed by atoms with Gasteiger partial charge >= 0.3 is 0 Å². The summed E-state index contributed by atoms with van der Waals surface area (Å²) in [5.41, 5.74) is 0.723. The summed E-state index contributed by atoms with van der Waals surface area (Å²) in [6.45, 7) is 4.06. The number of carbonyl (C=O) groups is 2. The molecule has 1 aliphatic rings. The van der Waals surface area contributed by atoms with E-state index in [1.807, 2.05) is 13.8 Å². The molecule has 6 heteroatoms. The number of halogens is 1. The zero-order valence-electron chi connectivity index (χ0n) is 14.0.